The number of amides is 2. The van der Waals surface area contributed by atoms with Crippen molar-refractivity contribution in [2.24, 2.45) is 5.92 Å². The van der Waals surface area contributed by atoms with Crippen molar-refractivity contribution >= 4 is 11.8 Å². The maximum Gasteiger partial charge on any atom is 0.255 e. The van der Waals surface area contributed by atoms with E-state index in [0.717, 1.165) is 36.9 Å². The molecule has 0 atom stereocenters. The van der Waals surface area contributed by atoms with Crippen LogP contribution in [0.25, 0.3) is 16.9 Å². The van der Waals surface area contributed by atoms with Gasteiger partial charge >= 0.3 is 0 Å². The predicted molar refractivity (Wildman–Crippen MR) is 127 cm³/mol. The number of ether oxygens (including phenoxy) is 1. The van der Waals surface area contributed by atoms with Gasteiger partial charge in [0, 0.05) is 30.8 Å². The largest absolute Gasteiger partial charge is 0.497 e. The van der Waals surface area contributed by atoms with Crippen LogP contribution in [0.2, 0.25) is 0 Å². The fourth-order valence-corrected chi connectivity index (χ4v) is 4.20. The van der Waals surface area contributed by atoms with E-state index in [2.05, 4.69) is 10.6 Å². The van der Waals surface area contributed by atoms with Gasteiger partial charge in [-0.05, 0) is 37.1 Å². The molecule has 0 saturated heterocycles. The van der Waals surface area contributed by atoms with Gasteiger partial charge in [-0.3, -0.25) is 9.59 Å². The summed E-state index contributed by atoms with van der Waals surface area (Å²) in [5.74, 6) is 0.664. The Labute approximate surface area is 194 Å². The number of rotatable bonds is 8. The van der Waals surface area contributed by atoms with Gasteiger partial charge in [0.2, 0.25) is 5.91 Å². The Hall–Kier alpha value is -3.61. The van der Waals surface area contributed by atoms with Crippen LogP contribution in [-0.2, 0) is 4.79 Å². The summed E-state index contributed by atoms with van der Waals surface area (Å²) in [5.41, 5.74) is 2.69. The molecule has 2 aromatic carbocycles. The third-order valence-corrected chi connectivity index (χ3v) is 6.01. The molecule has 1 aliphatic carbocycles. The average molecular weight is 447 g/mol. The molecule has 33 heavy (non-hydrogen) atoms. The van der Waals surface area contributed by atoms with Crippen LogP contribution in [-0.4, -0.2) is 41.8 Å². The molecule has 0 radical (unpaired) electrons. The summed E-state index contributed by atoms with van der Waals surface area (Å²) in [4.78, 5) is 25.4. The first-order valence-electron chi connectivity index (χ1n) is 11.5. The smallest absolute Gasteiger partial charge is 0.255 e. The first-order valence-corrected chi connectivity index (χ1v) is 11.5. The molecule has 1 fully saturated rings. The normalized spacial score (nSPS) is 14.0. The number of nitrogens with one attached hydrogen (secondary N) is 2. The molecular formula is C26H30N4O3. The van der Waals surface area contributed by atoms with Crippen LogP contribution in [0.4, 0.5) is 0 Å². The topological polar surface area (TPSA) is 85.2 Å². The molecule has 172 valence electrons. The lowest BCUT2D eigenvalue weighted by atomic mass is 9.89. The molecule has 0 spiro atoms. The van der Waals surface area contributed by atoms with Crippen molar-refractivity contribution < 1.29 is 14.3 Å². The summed E-state index contributed by atoms with van der Waals surface area (Å²) in [6.07, 6.45) is 7.11. The number of nitrogens with zero attached hydrogens (tertiary/aromatic N) is 2. The van der Waals surface area contributed by atoms with Gasteiger partial charge in [-0.25, -0.2) is 4.68 Å². The number of para-hydroxylation sites is 1. The molecule has 2 N–H and O–H groups in total. The molecule has 1 saturated carbocycles. The van der Waals surface area contributed by atoms with Crippen molar-refractivity contribution in [2.75, 3.05) is 20.2 Å². The van der Waals surface area contributed by atoms with Crippen molar-refractivity contribution in [1.29, 1.82) is 0 Å². The van der Waals surface area contributed by atoms with Crippen LogP contribution in [0.15, 0.2) is 60.8 Å². The highest BCUT2D eigenvalue weighted by Crippen LogP contribution is 2.27. The van der Waals surface area contributed by atoms with E-state index in [0.29, 0.717) is 30.1 Å². The maximum atomic E-state index is 13.1. The van der Waals surface area contributed by atoms with Crippen molar-refractivity contribution in [2.45, 2.75) is 32.1 Å². The van der Waals surface area contributed by atoms with E-state index >= 15 is 0 Å². The van der Waals surface area contributed by atoms with Crippen LogP contribution >= 0.6 is 0 Å². The van der Waals surface area contributed by atoms with E-state index in [-0.39, 0.29) is 17.7 Å². The van der Waals surface area contributed by atoms with Crippen molar-refractivity contribution in [3.8, 4) is 22.7 Å². The minimum atomic E-state index is -0.234. The lowest BCUT2D eigenvalue weighted by Crippen LogP contribution is -2.38. The minimum Gasteiger partial charge on any atom is -0.497 e. The van der Waals surface area contributed by atoms with E-state index in [9.17, 15) is 9.59 Å². The zero-order valence-corrected chi connectivity index (χ0v) is 18.9. The number of aromatic nitrogens is 2. The first kappa shape index (κ1) is 22.6. The van der Waals surface area contributed by atoms with Crippen molar-refractivity contribution in [3.63, 3.8) is 0 Å². The van der Waals surface area contributed by atoms with E-state index in [4.69, 9.17) is 9.84 Å². The second-order valence-corrected chi connectivity index (χ2v) is 8.29. The Morgan fingerprint density at radius 1 is 1.00 bits per heavy atom. The van der Waals surface area contributed by atoms with Gasteiger partial charge in [0.15, 0.2) is 0 Å². The van der Waals surface area contributed by atoms with E-state index in [1.165, 1.54) is 6.42 Å². The van der Waals surface area contributed by atoms with Gasteiger partial charge in [0.05, 0.1) is 18.4 Å². The number of carbonyl (C=O) groups is 2. The molecule has 0 bridgehead atoms. The van der Waals surface area contributed by atoms with Crippen molar-refractivity contribution in [3.05, 3.63) is 66.4 Å². The molecule has 4 rings (SSSR count). The van der Waals surface area contributed by atoms with Crippen LogP contribution in [0.5, 0.6) is 5.75 Å². The Bertz CT molecular complexity index is 1090. The molecule has 0 unspecified atom stereocenters. The van der Waals surface area contributed by atoms with E-state index < -0.39 is 0 Å². The zero-order valence-electron chi connectivity index (χ0n) is 18.9. The standard InChI is InChI=1S/C26H30N4O3/c1-33-22-14-8-11-20(17-22)24-23(18-30(29-24)21-12-6-3-7-13-21)26(32)28-16-15-27-25(31)19-9-4-2-5-10-19/h3,6-8,11-14,17-19H,2,4-5,9-10,15-16H2,1H3,(H,27,31)(H,28,32). The Morgan fingerprint density at radius 2 is 1.76 bits per heavy atom. The van der Waals surface area contributed by atoms with Gasteiger partial charge in [-0.2, -0.15) is 5.10 Å². The molecular weight excluding hydrogens is 416 g/mol. The lowest BCUT2D eigenvalue weighted by molar-refractivity contribution is -0.125. The summed E-state index contributed by atoms with van der Waals surface area (Å²) in [5, 5.41) is 10.6. The maximum absolute atomic E-state index is 13.1. The van der Waals surface area contributed by atoms with E-state index in [1.54, 1.807) is 18.0 Å². The highest BCUT2D eigenvalue weighted by atomic mass is 16.5. The Balaban J connectivity index is 1.47. The number of hydrogen-bond acceptors (Lipinski definition) is 4. The van der Waals surface area contributed by atoms with Gasteiger partial charge < -0.3 is 15.4 Å². The second kappa shape index (κ2) is 10.8. The molecule has 1 aliphatic rings. The van der Waals surface area contributed by atoms with Crippen LogP contribution < -0.4 is 15.4 Å². The van der Waals surface area contributed by atoms with Gasteiger partial charge in [-0.1, -0.05) is 49.6 Å². The summed E-state index contributed by atoms with van der Waals surface area (Å²) >= 11 is 0. The molecule has 1 heterocycles. The number of methoxy groups -OCH3 is 1. The fraction of sp³-hybridized carbons (Fsp3) is 0.346. The third-order valence-electron chi connectivity index (χ3n) is 6.01. The first-order chi connectivity index (χ1) is 16.2. The molecule has 7 heteroatoms. The Morgan fingerprint density at radius 3 is 2.52 bits per heavy atom. The highest BCUT2D eigenvalue weighted by Gasteiger charge is 2.21. The SMILES string of the molecule is COc1cccc(-c2nn(-c3ccccc3)cc2C(=O)NCCNC(=O)C2CCCCC2)c1. The van der Waals surface area contributed by atoms with Crippen LogP contribution in [0.3, 0.4) is 0 Å². The zero-order chi connectivity index (χ0) is 23.0. The van der Waals surface area contributed by atoms with Crippen LogP contribution in [0, 0.1) is 5.92 Å². The van der Waals surface area contributed by atoms with Gasteiger partial charge in [-0.15, -0.1) is 0 Å². The quantitative estimate of drug-likeness (QED) is 0.513. The number of carbonyl (C=O) groups excluding carboxylic acids is 2. The summed E-state index contributed by atoms with van der Waals surface area (Å²) in [7, 11) is 1.61. The highest BCUT2D eigenvalue weighted by molar-refractivity contribution is 6.00. The summed E-state index contributed by atoms with van der Waals surface area (Å²) in [6.45, 7) is 0.758. The second-order valence-electron chi connectivity index (χ2n) is 8.29. The molecule has 7 nitrogen and oxygen atoms in total. The predicted octanol–water partition coefficient (Wildman–Crippen LogP) is 3.97. The van der Waals surface area contributed by atoms with E-state index in [1.807, 2.05) is 54.6 Å². The molecule has 3 aromatic rings. The molecule has 1 aromatic heterocycles. The number of hydrogen-bond donors (Lipinski definition) is 2. The third kappa shape index (κ3) is 5.61. The Kier molecular flexibility index (Phi) is 7.40. The van der Waals surface area contributed by atoms with Gasteiger partial charge in [0.25, 0.3) is 5.91 Å². The lowest BCUT2D eigenvalue weighted by Gasteiger charge is -2.20. The average Bonchev–Trinajstić information content (AvgIpc) is 3.33. The fourth-order valence-electron chi connectivity index (χ4n) is 4.20. The van der Waals surface area contributed by atoms with Crippen molar-refractivity contribution in [1.82, 2.24) is 20.4 Å². The molecule has 2 amide bonds. The minimum absolute atomic E-state index is 0.0953. The summed E-state index contributed by atoms with van der Waals surface area (Å²) in [6, 6.07) is 17.2. The van der Waals surface area contributed by atoms with Crippen LogP contribution in [0.1, 0.15) is 42.5 Å². The number of benzene rings is 2. The van der Waals surface area contributed by atoms with Gasteiger partial charge in [0.1, 0.15) is 11.4 Å². The monoisotopic (exact) mass is 446 g/mol. The summed E-state index contributed by atoms with van der Waals surface area (Å²) < 4.78 is 7.05. The molecule has 0 aliphatic heterocycles.